The minimum Gasteiger partial charge on any atom is -0.456 e. The number of para-hydroxylation sites is 1. The van der Waals surface area contributed by atoms with E-state index < -0.39 is 8.07 Å². The summed E-state index contributed by atoms with van der Waals surface area (Å²) in [5, 5.41) is 7.78. The first kappa shape index (κ1) is 27.7. The number of furan rings is 1. The molecule has 0 unspecified atom stereocenters. The Hall–Kier alpha value is -5.55. The van der Waals surface area contributed by atoms with Crippen LogP contribution in [0.4, 0.5) is 17.1 Å². The molecule has 0 radical (unpaired) electrons. The Morgan fingerprint density at radius 1 is 0.468 bits per heavy atom. The van der Waals surface area contributed by atoms with Gasteiger partial charge in [0.1, 0.15) is 27.7 Å². The van der Waals surface area contributed by atoms with Gasteiger partial charge in [0.25, 0.3) is 0 Å². The summed E-state index contributed by atoms with van der Waals surface area (Å²) in [5.41, 5.74) is 4.45. The molecule has 47 heavy (non-hydrogen) atoms. The summed E-state index contributed by atoms with van der Waals surface area (Å²) >= 11 is 7.26. The molecule has 1 aliphatic heterocycles. The second-order valence-electron chi connectivity index (χ2n) is 11.9. The largest absolute Gasteiger partial charge is 0.456 e. The van der Waals surface area contributed by atoms with Gasteiger partial charge >= 0.3 is 0 Å². The monoisotopic (exact) mass is 641 g/mol. The number of rotatable bonds is 3. The van der Waals surface area contributed by atoms with Crippen molar-refractivity contribution in [3.8, 4) is 11.5 Å². The molecule has 1 aromatic heterocycles. The van der Waals surface area contributed by atoms with Crippen molar-refractivity contribution in [3.05, 3.63) is 175 Å². The van der Waals surface area contributed by atoms with Crippen LogP contribution in [0.15, 0.2) is 174 Å². The number of hydrogen-bond donors (Lipinski definition) is 0. The number of ether oxygens (including phenoxy) is 1. The molecule has 0 N–H and O–H groups in total. The zero-order valence-corrected chi connectivity index (χ0v) is 27.1. The Morgan fingerprint density at radius 3 is 1.87 bits per heavy atom. The summed E-state index contributed by atoms with van der Waals surface area (Å²) in [5.74, 6) is 1.34. The first-order valence-electron chi connectivity index (χ1n) is 15.7. The summed E-state index contributed by atoms with van der Waals surface area (Å²) in [6.07, 6.45) is 0. The van der Waals surface area contributed by atoms with Crippen molar-refractivity contribution in [1.82, 2.24) is 0 Å². The van der Waals surface area contributed by atoms with E-state index in [1.165, 1.54) is 20.7 Å². The molecule has 3 nitrogen and oxygen atoms in total. The van der Waals surface area contributed by atoms with Crippen LogP contribution in [0.1, 0.15) is 0 Å². The van der Waals surface area contributed by atoms with Gasteiger partial charge in [-0.3, -0.25) is 0 Å². The number of halogens is 1. The lowest BCUT2D eigenvalue weighted by molar-refractivity contribution is 0.483. The molecular weight excluding hydrogens is 614 g/mol. The molecule has 0 fully saturated rings. The summed E-state index contributed by atoms with van der Waals surface area (Å²) in [4.78, 5) is 2.22. The first-order valence-corrected chi connectivity index (χ1v) is 18.1. The first-order chi connectivity index (χ1) is 23.2. The van der Waals surface area contributed by atoms with E-state index in [4.69, 9.17) is 20.8 Å². The van der Waals surface area contributed by atoms with Gasteiger partial charge in [-0.2, -0.15) is 0 Å². The highest BCUT2D eigenvalue weighted by Gasteiger charge is 2.42. The Labute approximate surface area is 278 Å². The topological polar surface area (TPSA) is 25.6 Å². The summed E-state index contributed by atoms with van der Waals surface area (Å²) in [7, 11) is -2.85. The average molecular weight is 642 g/mol. The Morgan fingerprint density at radius 2 is 1.09 bits per heavy atom. The summed E-state index contributed by atoms with van der Waals surface area (Å²) < 4.78 is 13.0. The molecule has 0 saturated heterocycles. The van der Waals surface area contributed by atoms with E-state index in [-0.39, 0.29) is 0 Å². The van der Waals surface area contributed by atoms with Gasteiger partial charge in [-0.1, -0.05) is 121 Å². The number of anilines is 3. The molecule has 2 heterocycles. The van der Waals surface area contributed by atoms with Gasteiger partial charge in [-0.05, 0) is 75.3 Å². The highest BCUT2D eigenvalue weighted by Crippen LogP contribution is 2.45. The molecule has 0 amide bonds. The molecule has 9 rings (SSSR count). The van der Waals surface area contributed by atoms with Crippen LogP contribution in [0.25, 0.3) is 21.9 Å². The summed E-state index contributed by atoms with van der Waals surface area (Å²) in [6, 6.07) is 59.9. The predicted octanol–water partition coefficient (Wildman–Crippen LogP) is 9.19. The minimum atomic E-state index is -2.85. The Balaban J connectivity index is 1.37. The van der Waals surface area contributed by atoms with Crippen LogP contribution in [-0.2, 0) is 0 Å². The molecular formula is C42H28ClNO2Si. The third kappa shape index (κ3) is 4.41. The Bertz CT molecular complexity index is 2380. The van der Waals surface area contributed by atoms with Gasteiger partial charge in [0.15, 0.2) is 8.07 Å². The van der Waals surface area contributed by atoms with Crippen molar-refractivity contribution >= 4 is 79.4 Å². The number of fused-ring (bicyclic) bond motifs is 9. The van der Waals surface area contributed by atoms with E-state index in [1.807, 2.05) is 42.5 Å². The van der Waals surface area contributed by atoms with E-state index in [1.54, 1.807) is 0 Å². The van der Waals surface area contributed by atoms with Crippen molar-refractivity contribution in [2.75, 3.05) is 4.90 Å². The van der Waals surface area contributed by atoms with E-state index >= 15 is 0 Å². The van der Waals surface area contributed by atoms with E-state index in [9.17, 15) is 0 Å². The second kappa shape index (κ2) is 11.1. The van der Waals surface area contributed by atoms with Gasteiger partial charge in [0.05, 0.1) is 5.69 Å². The SMILES string of the molecule is Clc1c2cccc1N(c1ccc3c(c1)oc1ccccc13)c1cccc(c1)[Si](c1ccccc1)(c1ccccc1)c1cccc(c1)O2. The number of benzene rings is 7. The van der Waals surface area contributed by atoms with Crippen LogP contribution in [-0.4, -0.2) is 8.07 Å². The fourth-order valence-corrected chi connectivity index (χ4v) is 12.3. The second-order valence-corrected chi connectivity index (χ2v) is 16.1. The molecule has 5 heteroatoms. The van der Waals surface area contributed by atoms with E-state index in [0.29, 0.717) is 10.8 Å². The fraction of sp³-hybridized carbons (Fsp3) is 0. The van der Waals surface area contributed by atoms with Gasteiger partial charge in [-0.15, -0.1) is 0 Å². The lowest BCUT2D eigenvalue weighted by atomic mass is 10.1. The standard InChI is InChI=1S/C42H28ClNO2Si/c43-42-38-21-11-23-40(42)45-31-13-10-19-35(28-31)47(32-14-3-1-4-15-32,33-16-5-2-6-17-33)34-18-9-12-29(26-34)44(38)30-24-25-37-36-20-7-8-22-39(36)46-41(37)27-30/h1-28H. The highest BCUT2D eigenvalue weighted by atomic mass is 35.5. The van der Waals surface area contributed by atoms with Gasteiger partial charge in [0.2, 0.25) is 0 Å². The molecule has 224 valence electrons. The van der Waals surface area contributed by atoms with Crippen LogP contribution < -0.4 is 30.4 Å². The maximum atomic E-state index is 7.26. The highest BCUT2D eigenvalue weighted by molar-refractivity contribution is 7.20. The fourth-order valence-electron chi connectivity index (χ4n) is 7.21. The predicted molar refractivity (Wildman–Crippen MR) is 197 cm³/mol. The molecule has 0 spiro atoms. The van der Waals surface area contributed by atoms with Crippen LogP contribution >= 0.6 is 11.6 Å². The van der Waals surface area contributed by atoms with Crippen molar-refractivity contribution in [2.45, 2.75) is 0 Å². The van der Waals surface area contributed by atoms with Gasteiger partial charge in [0, 0.05) is 28.2 Å². The molecule has 0 saturated carbocycles. The Kier molecular flexibility index (Phi) is 6.52. The van der Waals surface area contributed by atoms with Crippen molar-refractivity contribution in [1.29, 1.82) is 0 Å². The van der Waals surface area contributed by atoms with Crippen LogP contribution in [0.3, 0.4) is 0 Å². The maximum Gasteiger partial charge on any atom is 0.179 e. The van der Waals surface area contributed by atoms with Crippen molar-refractivity contribution < 1.29 is 9.15 Å². The molecule has 1 aliphatic rings. The van der Waals surface area contributed by atoms with Crippen molar-refractivity contribution in [3.63, 3.8) is 0 Å². The number of hydrogen-bond acceptors (Lipinski definition) is 3. The molecule has 0 aliphatic carbocycles. The normalized spacial score (nSPS) is 13.5. The molecule has 0 atom stereocenters. The molecule has 7 aromatic carbocycles. The quantitative estimate of drug-likeness (QED) is 0.180. The van der Waals surface area contributed by atoms with Gasteiger partial charge < -0.3 is 14.1 Å². The third-order valence-corrected chi connectivity index (χ3v) is 14.4. The van der Waals surface area contributed by atoms with Crippen LogP contribution in [0.5, 0.6) is 11.5 Å². The lowest BCUT2D eigenvalue weighted by Gasteiger charge is -2.36. The molecule has 6 bridgehead atoms. The molecule has 8 aromatic rings. The lowest BCUT2D eigenvalue weighted by Crippen LogP contribution is -2.74. The van der Waals surface area contributed by atoms with Gasteiger partial charge in [-0.25, -0.2) is 0 Å². The minimum absolute atomic E-state index is 0.531. The maximum absolute atomic E-state index is 7.26. The zero-order valence-electron chi connectivity index (χ0n) is 25.3. The number of nitrogens with zero attached hydrogens (tertiary/aromatic N) is 1. The summed E-state index contributed by atoms with van der Waals surface area (Å²) in [6.45, 7) is 0. The average Bonchev–Trinajstić information content (AvgIpc) is 3.49. The van der Waals surface area contributed by atoms with Crippen LogP contribution in [0, 0.1) is 0 Å². The third-order valence-electron chi connectivity index (χ3n) is 9.25. The van der Waals surface area contributed by atoms with Crippen LogP contribution in [0.2, 0.25) is 5.02 Å². The van der Waals surface area contributed by atoms with E-state index in [0.717, 1.165) is 44.8 Å². The van der Waals surface area contributed by atoms with Crippen molar-refractivity contribution in [2.24, 2.45) is 0 Å². The smallest absolute Gasteiger partial charge is 0.179 e. The van der Waals surface area contributed by atoms with E-state index in [2.05, 4.69) is 132 Å². The zero-order chi connectivity index (χ0) is 31.4.